The average Bonchev–Trinajstić information content (AvgIpc) is 3.20. The van der Waals surface area contributed by atoms with Gasteiger partial charge in [0.05, 0.1) is 0 Å². The molecular formula is C20H24O9. The van der Waals surface area contributed by atoms with Crippen LogP contribution >= 0.6 is 0 Å². The molecule has 0 saturated heterocycles. The van der Waals surface area contributed by atoms with Crippen LogP contribution in [0.15, 0.2) is 16.5 Å². The normalized spacial score (nSPS) is 14.4. The summed E-state index contributed by atoms with van der Waals surface area (Å²) >= 11 is 0. The van der Waals surface area contributed by atoms with Crippen LogP contribution in [0.4, 0.5) is 0 Å². The summed E-state index contributed by atoms with van der Waals surface area (Å²) < 4.78 is 16.6. The Morgan fingerprint density at radius 2 is 1.10 bits per heavy atom. The molecule has 2 aromatic rings. The molecule has 2 aromatic heterocycles. The van der Waals surface area contributed by atoms with Gasteiger partial charge >= 0.3 is 23.9 Å². The van der Waals surface area contributed by atoms with Crippen molar-refractivity contribution in [3.05, 3.63) is 23.3 Å². The lowest BCUT2D eigenvalue weighted by Gasteiger charge is -2.32. The highest BCUT2D eigenvalue weighted by molar-refractivity contribution is 5.94. The van der Waals surface area contributed by atoms with Gasteiger partial charge in [0.2, 0.25) is 0 Å². The number of carbonyl (C=O) groups excluding carboxylic acids is 2. The number of furan rings is 2. The molecule has 29 heavy (non-hydrogen) atoms. The van der Waals surface area contributed by atoms with E-state index in [1.54, 1.807) is 39.8 Å². The first-order chi connectivity index (χ1) is 13.2. The third kappa shape index (κ3) is 4.18. The van der Waals surface area contributed by atoms with Gasteiger partial charge in [-0.05, 0) is 53.7 Å². The zero-order valence-electron chi connectivity index (χ0n) is 17.1. The SMILES string of the molecule is CC(C(=O)O)C(=O)OC(C)(C)c1c(C(C)(C)OC(=O)C(C)C(=O)O)c2ccc1o2. The molecule has 0 radical (unpaired) electrons. The predicted molar refractivity (Wildman–Crippen MR) is 99.2 cm³/mol. The van der Waals surface area contributed by atoms with Crippen LogP contribution in [0.25, 0.3) is 11.2 Å². The Balaban J connectivity index is 2.44. The van der Waals surface area contributed by atoms with E-state index in [1.807, 2.05) is 0 Å². The fourth-order valence-corrected chi connectivity index (χ4v) is 3.03. The number of hydrogen-bond donors (Lipinski definition) is 2. The van der Waals surface area contributed by atoms with Crippen LogP contribution in [0.5, 0.6) is 0 Å². The molecule has 2 atom stereocenters. The molecular weight excluding hydrogens is 384 g/mol. The summed E-state index contributed by atoms with van der Waals surface area (Å²) in [6, 6.07) is 3.31. The summed E-state index contributed by atoms with van der Waals surface area (Å²) in [4.78, 5) is 46.6. The minimum atomic E-state index is -1.37. The number of fused-ring (bicyclic) bond motifs is 2. The standard InChI is InChI=1S/C20H24O9/c1-9(15(21)22)17(25)28-19(3,4)13-11-7-8-12(27-11)14(13)20(5,6)29-18(26)10(2)16(23)24/h7-10H,1-6H3,(H,21,22)(H,23,24). The van der Waals surface area contributed by atoms with Crippen LogP contribution in [0, 0.1) is 11.8 Å². The van der Waals surface area contributed by atoms with Gasteiger partial charge in [0.15, 0.2) is 11.8 Å². The van der Waals surface area contributed by atoms with E-state index in [2.05, 4.69) is 0 Å². The minimum absolute atomic E-state index is 0.381. The molecule has 0 aliphatic heterocycles. The Morgan fingerprint density at radius 3 is 1.38 bits per heavy atom. The van der Waals surface area contributed by atoms with Gasteiger partial charge in [-0.25, -0.2) is 0 Å². The molecule has 2 N–H and O–H groups in total. The van der Waals surface area contributed by atoms with Gasteiger partial charge in [0, 0.05) is 11.1 Å². The van der Waals surface area contributed by atoms with E-state index in [0.29, 0.717) is 22.3 Å². The number of rotatable bonds is 8. The number of hydrogen-bond acceptors (Lipinski definition) is 7. The van der Waals surface area contributed by atoms with Crippen molar-refractivity contribution in [2.75, 3.05) is 0 Å². The van der Waals surface area contributed by atoms with Crippen LogP contribution in [-0.4, -0.2) is 34.1 Å². The van der Waals surface area contributed by atoms with Gasteiger partial charge in [-0.2, -0.15) is 0 Å². The molecule has 158 valence electrons. The number of carbonyl (C=O) groups is 4. The summed E-state index contributed by atoms with van der Waals surface area (Å²) in [5.74, 6) is -7.23. The van der Waals surface area contributed by atoms with E-state index in [4.69, 9.17) is 24.1 Å². The first-order valence-electron chi connectivity index (χ1n) is 8.96. The molecule has 0 fully saturated rings. The number of carboxylic acids is 2. The molecule has 2 unspecified atom stereocenters. The van der Waals surface area contributed by atoms with E-state index in [0.717, 1.165) is 0 Å². The Morgan fingerprint density at radius 1 is 0.793 bits per heavy atom. The molecule has 2 rings (SSSR count). The maximum Gasteiger partial charge on any atom is 0.320 e. The van der Waals surface area contributed by atoms with Gasteiger partial charge in [0.1, 0.15) is 22.4 Å². The van der Waals surface area contributed by atoms with Gasteiger partial charge in [-0.15, -0.1) is 0 Å². The van der Waals surface area contributed by atoms with Crippen LogP contribution < -0.4 is 0 Å². The summed E-state index contributed by atoms with van der Waals surface area (Å²) in [6.45, 7) is 8.70. The van der Waals surface area contributed by atoms with Crippen molar-refractivity contribution in [1.29, 1.82) is 0 Å². The maximum absolute atomic E-state index is 12.2. The van der Waals surface area contributed by atoms with Crippen LogP contribution in [0.1, 0.15) is 52.7 Å². The zero-order valence-corrected chi connectivity index (χ0v) is 17.1. The molecule has 9 heteroatoms. The third-order valence-electron chi connectivity index (χ3n) is 4.71. The first-order valence-corrected chi connectivity index (χ1v) is 8.96. The second-order valence-corrected chi connectivity index (χ2v) is 7.90. The lowest BCUT2D eigenvalue weighted by Crippen LogP contribution is -2.36. The second-order valence-electron chi connectivity index (χ2n) is 7.90. The van der Waals surface area contributed by atoms with Crippen molar-refractivity contribution in [2.24, 2.45) is 11.8 Å². The number of esters is 2. The number of carboxylic acid groups (broad SMARTS) is 2. The smallest absolute Gasteiger partial charge is 0.320 e. The number of aliphatic carboxylic acids is 2. The zero-order chi connectivity index (χ0) is 22.3. The number of benzene rings is 1. The van der Waals surface area contributed by atoms with Crippen molar-refractivity contribution in [3.63, 3.8) is 0 Å². The second kappa shape index (κ2) is 7.38. The summed E-state index contributed by atoms with van der Waals surface area (Å²) in [5.41, 5.74) is -1.01. The number of ether oxygens (including phenoxy) is 2. The lowest BCUT2D eigenvalue weighted by atomic mass is 9.85. The van der Waals surface area contributed by atoms with E-state index in [1.165, 1.54) is 13.8 Å². The Kier molecular flexibility index (Phi) is 5.65. The van der Waals surface area contributed by atoms with Gasteiger partial charge in [-0.1, -0.05) is 0 Å². The van der Waals surface area contributed by atoms with Crippen molar-refractivity contribution < 1.29 is 43.3 Å². The Labute approximate surface area is 166 Å². The molecule has 2 heterocycles. The van der Waals surface area contributed by atoms with Crippen molar-refractivity contribution in [2.45, 2.75) is 52.7 Å². The molecule has 0 spiro atoms. The predicted octanol–water partition coefficient (Wildman–Crippen LogP) is 2.87. The minimum Gasteiger partial charge on any atom is -0.481 e. The van der Waals surface area contributed by atoms with Crippen molar-refractivity contribution >= 4 is 35.0 Å². The van der Waals surface area contributed by atoms with Gasteiger partial charge in [0.25, 0.3) is 0 Å². The van der Waals surface area contributed by atoms with E-state index in [-0.39, 0.29) is 0 Å². The molecule has 0 amide bonds. The molecule has 0 aliphatic carbocycles. The topological polar surface area (TPSA) is 140 Å². The Hall–Kier alpha value is -3.10. The summed E-state index contributed by atoms with van der Waals surface area (Å²) in [5, 5.41) is 18.1. The average molecular weight is 408 g/mol. The van der Waals surface area contributed by atoms with Gasteiger partial charge in [-0.3, -0.25) is 19.2 Å². The van der Waals surface area contributed by atoms with E-state index >= 15 is 0 Å². The lowest BCUT2D eigenvalue weighted by molar-refractivity contribution is -0.171. The first kappa shape index (κ1) is 22.2. The van der Waals surface area contributed by atoms with Crippen LogP contribution in [-0.2, 0) is 39.9 Å². The monoisotopic (exact) mass is 408 g/mol. The largest absolute Gasteiger partial charge is 0.481 e. The highest BCUT2D eigenvalue weighted by Gasteiger charge is 2.43. The van der Waals surface area contributed by atoms with E-state index in [9.17, 15) is 19.2 Å². The summed E-state index contributed by atoms with van der Waals surface area (Å²) in [7, 11) is 0. The maximum atomic E-state index is 12.2. The third-order valence-corrected chi connectivity index (χ3v) is 4.71. The van der Waals surface area contributed by atoms with E-state index < -0.39 is 46.9 Å². The summed E-state index contributed by atoms with van der Waals surface area (Å²) in [6.07, 6.45) is 0. The van der Waals surface area contributed by atoms with Crippen LogP contribution in [0.3, 0.4) is 0 Å². The molecule has 2 bridgehead atoms. The highest BCUT2D eigenvalue weighted by atomic mass is 16.6. The molecule has 0 aliphatic rings. The van der Waals surface area contributed by atoms with Crippen molar-refractivity contribution in [1.82, 2.24) is 0 Å². The highest BCUT2D eigenvalue weighted by Crippen LogP contribution is 2.45. The molecule has 9 nitrogen and oxygen atoms in total. The molecule has 0 aromatic carbocycles. The van der Waals surface area contributed by atoms with Crippen LogP contribution in [0.2, 0.25) is 0 Å². The molecule has 0 saturated carbocycles. The quantitative estimate of drug-likeness (QED) is 0.498. The van der Waals surface area contributed by atoms with Gasteiger partial charge < -0.3 is 24.1 Å². The fraction of sp³-hybridized carbons (Fsp3) is 0.500. The Bertz CT molecular complexity index is 876. The van der Waals surface area contributed by atoms with Crippen molar-refractivity contribution in [3.8, 4) is 0 Å². The fourth-order valence-electron chi connectivity index (χ4n) is 3.03.